The van der Waals surface area contributed by atoms with Crippen LogP contribution in [0.15, 0.2) is 66.7 Å². The molecule has 0 fully saturated rings. The number of benzene rings is 3. The van der Waals surface area contributed by atoms with Crippen LogP contribution < -0.4 is 10.1 Å². The molecule has 0 aliphatic carbocycles. The fraction of sp³-hybridized carbons (Fsp3) is 0.0870. The number of esters is 1. The van der Waals surface area contributed by atoms with Crippen molar-refractivity contribution in [2.24, 2.45) is 0 Å². The summed E-state index contributed by atoms with van der Waals surface area (Å²) >= 11 is 0. The van der Waals surface area contributed by atoms with E-state index in [2.05, 4.69) is 5.32 Å². The molecule has 3 rings (SSSR count). The summed E-state index contributed by atoms with van der Waals surface area (Å²) in [5.74, 6) is -3.44. The number of carboxylic acids is 1. The Morgan fingerprint density at radius 3 is 2.32 bits per heavy atom. The molecule has 0 radical (unpaired) electrons. The van der Waals surface area contributed by atoms with Crippen molar-refractivity contribution < 1.29 is 34.1 Å². The van der Waals surface area contributed by atoms with Crippen molar-refractivity contribution >= 4 is 23.5 Å². The minimum Gasteiger partial charge on any atom is -0.507 e. The fourth-order valence-corrected chi connectivity index (χ4v) is 2.78. The number of ether oxygens (including phenoxy) is 2. The van der Waals surface area contributed by atoms with Crippen LogP contribution in [0, 0.1) is 0 Å². The van der Waals surface area contributed by atoms with E-state index in [1.807, 2.05) is 30.3 Å². The summed E-state index contributed by atoms with van der Waals surface area (Å²) in [6, 6.07) is 18.1. The van der Waals surface area contributed by atoms with Gasteiger partial charge < -0.3 is 25.0 Å². The van der Waals surface area contributed by atoms with E-state index < -0.39 is 23.6 Å². The molecule has 3 aromatic carbocycles. The van der Waals surface area contributed by atoms with Crippen LogP contribution >= 0.6 is 0 Å². The van der Waals surface area contributed by atoms with Gasteiger partial charge in [-0.15, -0.1) is 0 Å². The van der Waals surface area contributed by atoms with E-state index in [-0.39, 0.29) is 29.4 Å². The van der Waals surface area contributed by atoms with Crippen LogP contribution in [0.5, 0.6) is 17.2 Å². The second kappa shape index (κ2) is 9.45. The number of nitrogens with one attached hydrogen (secondary N) is 1. The Bertz CT molecular complexity index is 1130. The normalized spacial score (nSPS) is 10.2. The molecule has 0 unspecified atom stereocenters. The Morgan fingerprint density at radius 2 is 1.68 bits per heavy atom. The lowest BCUT2D eigenvalue weighted by Gasteiger charge is -2.14. The minimum atomic E-state index is -1.28. The second-order valence-electron chi connectivity index (χ2n) is 6.34. The number of carbonyl (C=O) groups excluding carboxylic acids is 2. The second-order valence-corrected chi connectivity index (χ2v) is 6.34. The lowest BCUT2D eigenvalue weighted by molar-refractivity contribution is -0.152. The Kier molecular flexibility index (Phi) is 6.51. The van der Waals surface area contributed by atoms with E-state index in [1.165, 1.54) is 12.1 Å². The number of carbonyl (C=O) groups is 3. The molecule has 0 aromatic heterocycles. The number of phenols is 1. The standard InChI is InChI=1S/C23H19NO7/c1-2-30-23(29)21(26)24-18-12-15(14-6-4-3-5-7-14)8-11-20(18)31-16-9-10-17(22(27)28)19(25)13-16/h3-13,25H,2H2,1H3,(H,24,26)(H,27,28). The SMILES string of the molecule is CCOC(=O)C(=O)Nc1cc(-c2ccccc2)ccc1Oc1ccc(C(=O)O)c(O)c1. The summed E-state index contributed by atoms with van der Waals surface area (Å²) in [5, 5.41) is 21.4. The summed E-state index contributed by atoms with van der Waals surface area (Å²) in [5.41, 5.74) is 1.56. The zero-order valence-electron chi connectivity index (χ0n) is 16.5. The topological polar surface area (TPSA) is 122 Å². The van der Waals surface area contributed by atoms with Gasteiger partial charge in [0.1, 0.15) is 17.1 Å². The first-order chi connectivity index (χ1) is 14.9. The van der Waals surface area contributed by atoms with Crippen LogP contribution in [-0.2, 0) is 14.3 Å². The summed E-state index contributed by atoms with van der Waals surface area (Å²) < 4.78 is 10.5. The third kappa shape index (κ3) is 5.18. The molecule has 3 aromatic rings. The molecule has 0 saturated heterocycles. The van der Waals surface area contributed by atoms with Gasteiger partial charge in [-0.3, -0.25) is 4.79 Å². The van der Waals surface area contributed by atoms with Crippen molar-refractivity contribution in [2.45, 2.75) is 6.92 Å². The average molecular weight is 421 g/mol. The average Bonchev–Trinajstić information content (AvgIpc) is 2.75. The highest BCUT2D eigenvalue weighted by atomic mass is 16.5. The third-order valence-corrected chi connectivity index (χ3v) is 4.22. The van der Waals surface area contributed by atoms with Crippen LogP contribution in [0.3, 0.4) is 0 Å². The molecule has 1 amide bonds. The number of aromatic carboxylic acids is 1. The van der Waals surface area contributed by atoms with Crippen molar-refractivity contribution in [3.63, 3.8) is 0 Å². The molecule has 0 aliphatic rings. The van der Waals surface area contributed by atoms with E-state index in [1.54, 1.807) is 25.1 Å². The number of hydrogen-bond acceptors (Lipinski definition) is 6. The number of rotatable bonds is 6. The van der Waals surface area contributed by atoms with Gasteiger partial charge in [-0.1, -0.05) is 36.4 Å². The molecular weight excluding hydrogens is 402 g/mol. The van der Waals surface area contributed by atoms with Gasteiger partial charge in [0.15, 0.2) is 5.75 Å². The smallest absolute Gasteiger partial charge is 0.397 e. The first-order valence-electron chi connectivity index (χ1n) is 9.30. The van der Waals surface area contributed by atoms with Crippen molar-refractivity contribution in [3.05, 3.63) is 72.3 Å². The number of amides is 1. The molecule has 0 atom stereocenters. The fourth-order valence-electron chi connectivity index (χ4n) is 2.78. The Balaban J connectivity index is 1.96. The zero-order chi connectivity index (χ0) is 22.4. The van der Waals surface area contributed by atoms with Gasteiger partial charge in [-0.2, -0.15) is 0 Å². The molecule has 0 aliphatic heterocycles. The third-order valence-electron chi connectivity index (χ3n) is 4.22. The van der Waals surface area contributed by atoms with Crippen molar-refractivity contribution in [2.75, 3.05) is 11.9 Å². The Hall–Kier alpha value is -4.33. The molecule has 158 valence electrons. The minimum absolute atomic E-state index is 0.0505. The maximum absolute atomic E-state index is 12.2. The van der Waals surface area contributed by atoms with E-state index in [9.17, 15) is 19.5 Å². The van der Waals surface area contributed by atoms with Gasteiger partial charge in [0.2, 0.25) is 0 Å². The summed E-state index contributed by atoms with van der Waals surface area (Å²) in [6.45, 7) is 1.64. The quantitative estimate of drug-likeness (QED) is 0.405. The monoisotopic (exact) mass is 421 g/mol. The summed E-state index contributed by atoms with van der Waals surface area (Å²) in [6.07, 6.45) is 0. The highest BCUT2D eigenvalue weighted by Gasteiger charge is 2.19. The van der Waals surface area contributed by atoms with Crippen LogP contribution in [0.1, 0.15) is 17.3 Å². The van der Waals surface area contributed by atoms with Crippen molar-refractivity contribution in [3.8, 4) is 28.4 Å². The summed E-state index contributed by atoms with van der Waals surface area (Å²) in [4.78, 5) is 35.0. The molecule has 31 heavy (non-hydrogen) atoms. The van der Waals surface area contributed by atoms with Gasteiger partial charge in [0, 0.05) is 6.07 Å². The lowest BCUT2D eigenvalue weighted by atomic mass is 10.0. The predicted molar refractivity (Wildman–Crippen MR) is 112 cm³/mol. The Morgan fingerprint density at radius 1 is 0.935 bits per heavy atom. The molecule has 0 bridgehead atoms. The molecule has 0 heterocycles. The number of anilines is 1. The predicted octanol–water partition coefficient (Wildman–Crippen LogP) is 4.05. The lowest BCUT2D eigenvalue weighted by Crippen LogP contribution is -2.25. The van der Waals surface area contributed by atoms with E-state index in [0.29, 0.717) is 0 Å². The van der Waals surface area contributed by atoms with Crippen LogP contribution in [-0.4, -0.2) is 34.7 Å². The van der Waals surface area contributed by atoms with Crippen LogP contribution in [0.25, 0.3) is 11.1 Å². The number of aromatic hydroxyl groups is 1. The number of hydrogen-bond donors (Lipinski definition) is 3. The van der Waals surface area contributed by atoms with Crippen LogP contribution in [0.4, 0.5) is 5.69 Å². The largest absolute Gasteiger partial charge is 0.507 e. The van der Waals surface area contributed by atoms with Crippen LogP contribution in [0.2, 0.25) is 0 Å². The highest BCUT2D eigenvalue weighted by molar-refractivity contribution is 6.37. The maximum atomic E-state index is 12.2. The first-order valence-corrected chi connectivity index (χ1v) is 9.30. The molecule has 8 nitrogen and oxygen atoms in total. The van der Waals surface area contributed by atoms with Gasteiger partial charge in [-0.25, -0.2) is 9.59 Å². The molecule has 8 heteroatoms. The highest BCUT2D eigenvalue weighted by Crippen LogP contribution is 2.35. The van der Waals surface area contributed by atoms with Gasteiger partial charge in [0.25, 0.3) is 0 Å². The van der Waals surface area contributed by atoms with Gasteiger partial charge in [-0.05, 0) is 42.3 Å². The van der Waals surface area contributed by atoms with Crippen molar-refractivity contribution in [1.29, 1.82) is 0 Å². The van der Waals surface area contributed by atoms with Gasteiger partial charge in [0.05, 0.1) is 12.3 Å². The van der Waals surface area contributed by atoms with E-state index >= 15 is 0 Å². The maximum Gasteiger partial charge on any atom is 0.397 e. The van der Waals surface area contributed by atoms with E-state index in [4.69, 9.17) is 14.6 Å². The molecule has 0 saturated carbocycles. The zero-order valence-corrected chi connectivity index (χ0v) is 16.5. The number of carboxylic acid groups (broad SMARTS) is 1. The molecular formula is C23H19NO7. The van der Waals surface area contributed by atoms with E-state index in [0.717, 1.165) is 17.2 Å². The molecule has 3 N–H and O–H groups in total. The first kappa shape index (κ1) is 21.4. The van der Waals surface area contributed by atoms with Gasteiger partial charge >= 0.3 is 17.8 Å². The molecule has 0 spiro atoms. The summed E-state index contributed by atoms with van der Waals surface area (Å²) in [7, 11) is 0. The Labute approximate surface area is 177 Å². The van der Waals surface area contributed by atoms with Crippen molar-refractivity contribution in [1.82, 2.24) is 0 Å².